The van der Waals surface area contributed by atoms with Gasteiger partial charge in [0.1, 0.15) is 0 Å². The van der Waals surface area contributed by atoms with Gasteiger partial charge in [-0.05, 0) is 31.6 Å². The third kappa shape index (κ3) is 2.58. The van der Waals surface area contributed by atoms with E-state index in [-0.39, 0.29) is 6.10 Å². The van der Waals surface area contributed by atoms with Gasteiger partial charge in [-0.15, -0.1) is 11.3 Å². The Hall–Kier alpha value is -0.410. The van der Waals surface area contributed by atoms with Gasteiger partial charge in [0.15, 0.2) is 0 Å². The highest BCUT2D eigenvalue weighted by molar-refractivity contribution is 7.09. The summed E-state index contributed by atoms with van der Waals surface area (Å²) in [6.07, 6.45) is 4.03. The van der Waals surface area contributed by atoms with Gasteiger partial charge in [-0.3, -0.25) is 0 Å². The average molecular weight is 225 g/mol. The van der Waals surface area contributed by atoms with Crippen LogP contribution in [-0.2, 0) is 0 Å². The van der Waals surface area contributed by atoms with E-state index < -0.39 is 0 Å². The SMILES string of the molecule is CC(C)c1csc(C2CCC(O)CC2)n1. The van der Waals surface area contributed by atoms with Crippen LogP contribution in [0.2, 0.25) is 0 Å². The maximum Gasteiger partial charge on any atom is 0.0959 e. The van der Waals surface area contributed by atoms with Crippen molar-refractivity contribution in [3.05, 3.63) is 16.1 Å². The van der Waals surface area contributed by atoms with Gasteiger partial charge in [-0.25, -0.2) is 4.98 Å². The lowest BCUT2D eigenvalue weighted by Gasteiger charge is -2.23. The Bertz CT molecular complexity index is 313. The van der Waals surface area contributed by atoms with Crippen molar-refractivity contribution in [2.75, 3.05) is 0 Å². The van der Waals surface area contributed by atoms with Crippen LogP contribution in [-0.4, -0.2) is 16.2 Å². The minimum Gasteiger partial charge on any atom is -0.393 e. The highest BCUT2D eigenvalue weighted by atomic mass is 32.1. The lowest BCUT2D eigenvalue weighted by atomic mass is 9.88. The van der Waals surface area contributed by atoms with E-state index in [1.807, 2.05) is 0 Å². The number of aliphatic hydroxyl groups excluding tert-OH is 1. The monoisotopic (exact) mass is 225 g/mol. The molecule has 2 nitrogen and oxygen atoms in total. The molecule has 0 saturated heterocycles. The highest BCUT2D eigenvalue weighted by Crippen LogP contribution is 2.35. The predicted octanol–water partition coefficient (Wildman–Crippen LogP) is 3.29. The molecule has 1 saturated carbocycles. The van der Waals surface area contributed by atoms with Crippen LogP contribution in [0.1, 0.15) is 62.1 Å². The third-order valence-corrected chi connectivity index (χ3v) is 4.20. The maximum atomic E-state index is 9.45. The van der Waals surface area contributed by atoms with Crippen LogP contribution in [0.15, 0.2) is 5.38 Å². The van der Waals surface area contributed by atoms with E-state index in [1.165, 1.54) is 10.7 Å². The van der Waals surface area contributed by atoms with E-state index >= 15 is 0 Å². The first-order valence-electron chi connectivity index (χ1n) is 5.80. The molecule has 0 aromatic carbocycles. The molecule has 1 aliphatic carbocycles. The van der Waals surface area contributed by atoms with Crippen molar-refractivity contribution in [2.45, 2.75) is 57.5 Å². The first-order chi connectivity index (χ1) is 7.16. The second-order valence-corrected chi connectivity index (χ2v) is 5.66. The Morgan fingerprint density at radius 2 is 2.00 bits per heavy atom. The molecule has 1 aliphatic rings. The van der Waals surface area contributed by atoms with Gasteiger partial charge in [-0.1, -0.05) is 13.8 Å². The number of aliphatic hydroxyl groups is 1. The van der Waals surface area contributed by atoms with Crippen molar-refractivity contribution < 1.29 is 5.11 Å². The molecule has 1 aromatic heterocycles. The molecule has 1 aromatic rings. The zero-order valence-corrected chi connectivity index (χ0v) is 10.3. The summed E-state index contributed by atoms with van der Waals surface area (Å²) in [5, 5.41) is 12.9. The Labute approximate surface area is 95.4 Å². The van der Waals surface area contributed by atoms with Gasteiger partial charge in [0.25, 0.3) is 0 Å². The number of aromatic nitrogens is 1. The molecule has 0 bridgehead atoms. The first-order valence-corrected chi connectivity index (χ1v) is 6.68. The summed E-state index contributed by atoms with van der Waals surface area (Å²) in [6, 6.07) is 0. The van der Waals surface area contributed by atoms with Gasteiger partial charge < -0.3 is 5.11 Å². The summed E-state index contributed by atoms with van der Waals surface area (Å²) in [5.41, 5.74) is 1.22. The van der Waals surface area contributed by atoms with Crippen LogP contribution in [0.3, 0.4) is 0 Å². The second-order valence-electron chi connectivity index (χ2n) is 4.77. The molecular formula is C12H19NOS. The number of hydrogen-bond donors (Lipinski definition) is 1. The quantitative estimate of drug-likeness (QED) is 0.838. The highest BCUT2D eigenvalue weighted by Gasteiger charge is 2.23. The first kappa shape index (κ1) is 11.1. The number of nitrogens with zero attached hydrogens (tertiary/aromatic N) is 1. The molecular weight excluding hydrogens is 206 g/mol. The predicted molar refractivity (Wildman–Crippen MR) is 63.4 cm³/mol. The Morgan fingerprint density at radius 1 is 1.33 bits per heavy atom. The topological polar surface area (TPSA) is 33.1 Å². The minimum absolute atomic E-state index is 0.0641. The molecule has 0 spiro atoms. The molecule has 3 heteroatoms. The standard InChI is InChI=1S/C12H19NOS/c1-8(2)11-7-15-12(13-11)9-3-5-10(14)6-4-9/h7-10,14H,3-6H2,1-2H3. The van der Waals surface area contributed by atoms with Crippen LogP contribution in [0.25, 0.3) is 0 Å². The van der Waals surface area contributed by atoms with Gasteiger partial charge >= 0.3 is 0 Å². The Balaban J connectivity index is 2.03. The fraction of sp³-hybridized carbons (Fsp3) is 0.750. The largest absolute Gasteiger partial charge is 0.393 e. The molecule has 1 heterocycles. The Kier molecular flexibility index (Phi) is 3.42. The van der Waals surface area contributed by atoms with E-state index in [2.05, 4.69) is 19.2 Å². The molecule has 84 valence electrons. The zero-order chi connectivity index (χ0) is 10.8. The molecule has 0 unspecified atom stereocenters. The van der Waals surface area contributed by atoms with Crippen molar-refractivity contribution in [1.82, 2.24) is 4.98 Å². The molecule has 1 fully saturated rings. The lowest BCUT2D eigenvalue weighted by molar-refractivity contribution is 0.122. The molecule has 0 amide bonds. The second kappa shape index (κ2) is 4.62. The van der Waals surface area contributed by atoms with Crippen LogP contribution in [0, 0.1) is 0 Å². The molecule has 15 heavy (non-hydrogen) atoms. The minimum atomic E-state index is -0.0641. The van der Waals surface area contributed by atoms with Crippen LogP contribution < -0.4 is 0 Å². The van der Waals surface area contributed by atoms with Gasteiger partial charge in [0.05, 0.1) is 16.8 Å². The normalized spacial score (nSPS) is 27.2. The van der Waals surface area contributed by atoms with Crippen LogP contribution >= 0.6 is 11.3 Å². The van der Waals surface area contributed by atoms with Crippen molar-refractivity contribution in [3.8, 4) is 0 Å². The molecule has 0 atom stereocenters. The smallest absolute Gasteiger partial charge is 0.0959 e. The van der Waals surface area contributed by atoms with E-state index in [1.54, 1.807) is 11.3 Å². The van der Waals surface area contributed by atoms with Gasteiger partial charge in [0, 0.05) is 11.3 Å². The summed E-state index contributed by atoms with van der Waals surface area (Å²) < 4.78 is 0. The summed E-state index contributed by atoms with van der Waals surface area (Å²) in [7, 11) is 0. The summed E-state index contributed by atoms with van der Waals surface area (Å²) >= 11 is 1.79. The fourth-order valence-corrected chi connectivity index (χ4v) is 3.23. The van der Waals surface area contributed by atoms with Crippen molar-refractivity contribution in [2.24, 2.45) is 0 Å². The van der Waals surface area contributed by atoms with Crippen molar-refractivity contribution >= 4 is 11.3 Å². The van der Waals surface area contributed by atoms with Gasteiger partial charge in [0.2, 0.25) is 0 Å². The van der Waals surface area contributed by atoms with Crippen LogP contribution in [0.5, 0.6) is 0 Å². The number of rotatable bonds is 2. The maximum absolute atomic E-state index is 9.45. The third-order valence-electron chi connectivity index (χ3n) is 3.18. The summed E-state index contributed by atoms with van der Waals surface area (Å²) in [5.74, 6) is 1.13. The molecule has 2 rings (SSSR count). The van der Waals surface area contributed by atoms with Gasteiger partial charge in [-0.2, -0.15) is 0 Å². The summed E-state index contributed by atoms with van der Waals surface area (Å²) in [6.45, 7) is 4.37. The van der Waals surface area contributed by atoms with Crippen LogP contribution in [0.4, 0.5) is 0 Å². The number of thiazole rings is 1. The molecule has 0 aliphatic heterocycles. The fourth-order valence-electron chi connectivity index (χ4n) is 2.08. The Morgan fingerprint density at radius 3 is 2.53 bits per heavy atom. The van der Waals surface area contributed by atoms with Crippen molar-refractivity contribution in [1.29, 1.82) is 0 Å². The zero-order valence-electron chi connectivity index (χ0n) is 9.44. The van der Waals surface area contributed by atoms with E-state index in [0.717, 1.165) is 25.7 Å². The van der Waals surface area contributed by atoms with E-state index in [9.17, 15) is 5.11 Å². The van der Waals surface area contributed by atoms with E-state index in [0.29, 0.717) is 11.8 Å². The van der Waals surface area contributed by atoms with Crippen molar-refractivity contribution in [3.63, 3.8) is 0 Å². The van der Waals surface area contributed by atoms with E-state index in [4.69, 9.17) is 4.98 Å². The summed E-state index contributed by atoms with van der Waals surface area (Å²) in [4.78, 5) is 4.70. The average Bonchev–Trinajstić information content (AvgIpc) is 2.68. The molecule has 0 radical (unpaired) electrons. The molecule has 1 N–H and O–H groups in total. The number of hydrogen-bond acceptors (Lipinski definition) is 3. The lowest BCUT2D eigenvalue weighted by Crippen LogP contribution is -2.16.